The molecular weight excluding hydrogens is 492 g/mol. The summed E-state index contributed by atoms with van der Waals surface area (Å²) in [7, 11) is 3.22. The zero-order valence-corrected chi connectivity index (χ0v) is 22.6. The summed E-state index contributed by atoms with van der Waals surface area (Å²) in [4.78, 5) is 14.4. The molecule has 0 saturated heterocycles. The fourth-order valence-electron chi connectivity index (χ4n) is 3.46. The fourth-order valence-corrected chi connectivity index (χ4v) is 4.13. The minimum atomic E-state index is -0.838. The van der Waals surface area contributed by atoms with Crippen molar-refractivity contribution >= 4 is 23.8 Å². The highest BCUT2D eigenvalue weighted by atomic mass is 32.2. The largest absolute Gasteiger partial charge is 0.496 e. The molecule has 3 aromatic carbocycles. The van der Waals surface area contributed by atoms with Gasteiger partial charge in [0.2, 0.25) is 0 Å². The lowest BCUT2D eigenvalue weighted by atomic mass is 10.1. The van der Waals surface area contributed by atoms with E-state index < -0.39 is 12.1 Å². The number of esters is 1. The van der Waals surface area contributed by atoms with Crippen molar-refractivity contribution in [1.29, 1.82) is 0 Å². The normalized spacial score (nSPS) is 11.4. The molecule has 0 heterocycles. The molecule has 0 aliphatic carbocycles. The number of carbonyl (C=O) groups excluding carboxylic acids is 1. The Morgan fingerprint density at radius 1 is 0.895 bits per heavy atom. The van der Waals surface area contributed by atoms with Crippen LogP contribution in [0.25, 0.3) is 6.08 Å². The molecule has 0 aliphatic rings. The highest BCUT2D eigenvalue weighted by Gasteiger charge is 2.20. The first-order valence-electron chi connectivity index (χ1n) is 12.5. The molecule has 1 unspecified atom stereocenters. The Morgan fingerprint density at radius 2 is 1.61 bits per heavy atom. The topological polar surface area (TPSA) is 44.8 Å². The summed E-state index contributed by atoms with van der Waals surface area (Å²) < 4.78 is 16.5. The van der Waals surface area contributed by atoms with Crippen molar-refractivity contribution in [2.45, 2.75) is 30.3 Å². The van der Waals surface area contributed by atoms with E-state index in [9.17, 15) is 4.79 Å². The molecule has 3 rings (SSSR count). The van der Waals surface area contributed by atoms with E-state index in [1.807, 2.05) is 72.8 Å². The van der Waals surface area contributed by atoms with Crippen LogP contribution in [-0.4, -0.2) is 38.7 Å². The van der Waals surface area contributed by atoms with Gasteiger partial charge < -0.3 is 14.2 Å². The van der Waals surface area contributed by atoms with Gasteiger partial charge in [0, 0.05) is 25.0 Å². The molecule has 0 amide bonds. The second-order valence-electron chi connectivity index (χ2n) is 8.17. The zero-order chi connectivity index (χ0) is 26.8. The lowest BCUT2D eigenvalue weighted by Crippen LogP contribution is -2.19. The van der Waals surface area contributed by atoms with Gasteiger partial charge in [-0.1, -0.05) is 84.3 Å². The van der Waals surface area contributed by atoms with Crippen molar-refractivity contribution in [3.8, 4) is 29.4 Å². The standard InChI is InChI=1S/C33H32O4S/c1-35-24-14-4-3-9-18-28(26-27-16-7-5-8-17-27)31(23-15-25-38-29-19-10-6-11-20-29)37-33(34)30-21-12-13-22-32(30)36-2/h5-8,10-13,16-17,19-22,26,31H,3-4,14,24-25H2,1-2H3/b28-26+. The summed E-state index contributed by atoms with van der Waals surface area (Å²) in [5, 5.41) is 0. The molecule has 1 atom stereocenters. The highest BCUT2D eigenvalue weighted by molar-refractivity contribution is 7.99. The lowest BCUT2D eigenvalue weighted by molar-refractivity contribution is 0.0463. The summed E-state index contributed by atoms with van der Waals surface area (Å²) >= 11 is 1.63. The first-order chi connectivity index (χ1) is 18.7. The van der Waals surface area contributed by atoms with E-state index in [4.69, 9.17) is 14.2 Å². The van der Waals surface area contributed by atoms with Gasteiger partial charge >= 0.3 is 5.97 Å². The van der Waals surface area contributed by atoms with Crippen LogP contribution in [0.3, 0.4) is 0 Å². The molecule has 0 spiro atoms. The number of hydrogen-bond acceptors (Lipinski definition) is 5. The lowest BCUT2D eigenvalue weighted by Gasteiger charge is -2.14. The number of unbranched alkanes of at least 4 members (excludes halogenated alkanes) is 2. The number of benzene rings is 3. The first-order valence-corrected chi connectivity index (χ1v) is 13.4. The number of hydrogen-bond donors (Lipinski definition) is 0. The Kier molecular flexibility index (Phi) is 12.7. The van der Waals surface area contributed by atoms with Crippen molar-refractivity contribution < 1.29 is 19.0 Å². The molecule has 0 bridgehead atoms. The van der Waals surface area contributed by atoms with Crippen LogP contribution >= 0.6 is 11.8 Å². The van der Waals surface area contributed by atoms with Crippen molar-refractivity contribution in [3.05, 3.63) is 102 Å². The molecule has 0 N–H and O–H groups in total. The maximum atomic E-state index is 13.2. The van der Waals surface area contributed by atoms with Crippen molar-refractivity contribution in [2.75, 3.05) is 26.6 Å². The van der Waals surface area contributed by atoms with E-state index >= 15 is 0 Å². The average Bonchev–Trinajstić information content (AvgIpc) is 2.96. The van der Waals surface area contributed by atoms with Crippen molar-refractivity contribution in [2.24, 2.45) is 0 Å². The van der Waals surface area contributed by atoms with E-state index in [2.05, 4.69) is 23.7 Å². The van der Waals surface area contributed by atoms with Gasteiger partial charge in [0.1, 0.15) is 11.3 Å². The van der Waals surface area contributed by atoms with E-state index in [1.165, 1.54) is 7.11 Å². The number of carbonyl (C=O) groups is 1. The predicted molar refractivity (Wildman–Crippen MR) is 155 cm³/mol. The third-order valence-corrected chi connectivity index (χ3v) is 6.27. The van der Waals surface area contributed by atoms with E-state index in [0.29, 0.717) is 35.7 Å². The number of ether oxygens (including phenoxy) is 3. The molecule has 3 aromatic rings. The van der Waals surface area contributed by atoms with Gasteiger partial charge in [-0.25, -0.2) is 4.79 Å². The van der Waals surface area contributed by atoms with Crippen LogP contribution in [0.15, 0.2) is 95.4 Å². The molecule has 38 heavy (non-hydrogen) atoms. The third kappa shape index (κ3) is 9.87. The smallest absolute Gasteiger partial charge is 0.343 e. The van der Waals surface area contributed by atoms with Gasteiger partial charge in [-0.3, -0.25) is 0 Å². The Hall–Kier alpha value is -3.90. The minimum absolute atomic E-state index is 0.340. The zero-order valence-electron chi connectivity index (χ0n) is 21.8. The second-order valence-corrected chi connectivity index (χ2v) is 9.22. The van der Waals surface area contributed by atoms with Gasteiger partial charge in [0.05, 0.1) is 18.4 Å². The summed E-state index contributed by atoms with van der Waals surface area (Å²) in [5.74, 6) is 13.3. The molecule has 0 fully saturated rings. The van der Waals surface area contributed by atoms with Gasteiger partial charge in [0.25, 0.3) is 0 Å². The Morgan fingerprint density at radius 3 is 2.34 bits per heavy atom. The SMILES string of the molecule is COCCCCC#C/C(=C\c1ccccc1)C(C#CCSc1ccccc1)OC(=O)c1ccccc1OC. The van der Waals surface area contributed by atoms with Crippen molar-refractivity contribution in [3.63, 3.8) is 0 Å². The second kappa shape index (κ2) is 16.8. The summed E-state index contributed by atoms with van der Waals surface area (Å²) in [6, 6.07) is 26.9. The molecule has 4 nitrogen and oxygen atoms in total. The molecular formula is C33H32O4S. The molecule has 0 aliphatic heterocycles. The quantitative estimate of drug-likeness (QED) is 0.118. The van der Waals surface area contributed by atoms with Crippen LogP contribution in [0.4, 0.5) is 0 Å². The molecule has 0 aromatic heterocycles. The Balaban J connectivity index is 1.90. The van der Waals surface area contributed by atoms with Crippen LogP contribution in [0.5, 0.6) is 5.75 Å². The van der Waals surface area contributed by atoms with Gasteiger partial charge in [-0.05, 0) is 48.7 Å². The van der Waals surface area contributed by atoms with Gasteiger partial charge in [-0.15, -0.1) is 11.8 Å². The highest BCUT2D eigenvalue weighted by Crippen LogP contribution is 2.21. The molecule has 5 heteroatoms. The Labute approximate surface area is 230 Å². The summed E-state index contributed by atoms with van der Waals surface area (Å²) in [6.45, 7) is 0.706. The van der Waals surface area contributed by atoms with Gasteiger partial charge in [0.15, 0.2) is 6.10 Å². The minimum Gasteiger partial charge on any atom is -0.496 e. The van der Waals surface area contributed by atoms with Crippen LogP contribution < -0.4 is 4.74 Å². The first kappa shape index (κ1) is 28.7. The number of rotatable bonds is 11. The van der Waals surface area contributed by atoms with Crippen LogP contribution in [0, 0.1) is 23.7 Å². The summed E-state index contributed by atoms with van der Waals surface area (Å²) in [5.41, 5.74) is 1.92. The number of thioether (sulfide) groups is 1. The third-order valence-electron chi connectivity index (χ3n) is 5.38. The Bertz CT molecular complexity index is 1290. The predicted octanol–water partition coefficient (Wildman–Crippen LogP) is 6.92. The van der Waals surface area contributed by atoms with Crippen LogP contribution in [0.2, 0.25) is 0 Å². The van der Waals surface area contributed by atoms with E-state index in [0.717, 1.165) is 23.3 Å². The van der Waals surface area contributed by atoms with Crippen LogP contribution in [-0.2, 0) is 9.47 Å². The van der Waals surface area contributed by atoms with Gasteiger partial charge in [-0.2, -0.15) is 0 Å². The number of para-hydroxylation sites is 1. The molecule has 0 radical (unpaired) electrons. The van der Waals surface area contributed by atoms with E-state index in [1.54, 1.807) is 37.1 Å². The molecule has 0 saturated carbocycles. The van der Waals surface area contributed by atoms with Crippen LogP contribution in [0.1, 0.15) is 35.2 Å². The summed E-state index contributed by atoms with van der Waals surface area (Å²) in [6.07, 6.45) is 3.66. The molecule has 194 valence electrons. The maximum Gasteiger partial charge on any atom is 0.343 e. The van der Waals surface area contributed by atoms with Crippen molar-refractivity contribution in [1.82, 2.24) is 0 Å². The number of methoxy groups -OCH3 is 2. The average molecular weight is 525 g/mol. The van der Waals surface area contributed by atoms with E-state index in [-0.39, 0.29) is 0 Å². The monoisotopic (exact) mass is 524 g/mol. The maximum absolute atomic E-state index is 13.2. The fraction of sp³-hybridized carbons (Fsp3) is 0.242.